The molecule has 1 fully saturated rings. The second-order valence-corrected chi connectivity index (χ2v) is 6.39. The van der Waals surface area contributed by atoms with Crippen molar-refractivity contribution in [2.75, 3.05) is 6.54 Å². The zero-order chi connectivity index (χ0) is 13.7. The summed E-state index contributed by atoms with van der Waals surface area (Å²) in [5, 5.41) is 3.62. The van der Waals surface area contributed by atoms with Gasteiger partial charge in [0.25, 0.3) is 0 Å². The van der Waals surface area contributed by atoms with Crippen LogP contribution < -0.4 is 5.32 Å². The minimum absolute atomic E-state index is 0.0570. The molecule has 106 valence electrons. The summed E-state index contributed by atoms with van der Waals surface area (Å²) in [6.07, 6.45) is 7.13. The zero-order valence-electron chi connectivity index (χ0n) is 11.6. The Hall–Kier alpha value is -0.410. The lowest BCUT2D eigenvalue weighted by atomic mass is 9.87. The summed E-state index contributed by atoms with van der Waals surface area (Å²) >= 11 is 3.47. The lowest BCUT2D eigenvalue weighted by molar-refractivity contribution is 0.400. The molecule has 0 radical (unpaired) electrons. The molecule has 1 saturated carbocycles. The lowest BCUT2D eigenvalue weighted by Gasteiger charge is -2.27. The highest BCUT2D eigenvalue weighted by Gasteiger charge is 2.26. The fourth-order valence-corrected chi connectivity index (χ4v) is 3.43. The van der Waals surface area contributed by atoms with Crippen LogP contribution in [0.5, 0.6) is 0 Å². The minimum atomic E-state index is -0.0570. The maximum absolute atomic E-state index is 14.1. The highest BCUT2D eigenvalue weighted by atomic mass is 79.9. The lowest BCUT2D eigenvalue weighted by Crippen LogP contribution is -2.35. The Morgan fingerprint density at radius 2 is 2.05 bits per heavy atom. The highest BCUT2D eigenvalue weighted by molar-refractivity contribution is 9.10. The van der Waals surface area contributed by atoms with Gasteiger partial charge in [0.05, 0.1) is 0 Å². The van der Waals surface area contributed by atoms with Crippen LogP contribution in [0, 0.1) is 5.82 Å². The quantitative estimate of drug-likeness (QED) is 0.767. The molecule has 1 aromatic rings. The van der Waals surface area contributed by atoms with Crippen molar-refractivity contribution in [1.29, 1.82) is 0 Å². The maximum Gasteiger partial charge on any atom is 0.126 e. The van der Waals surface area contributed by atoms with Crippen LogP contribution >= 0.6 is 15.9 Å². The van der Waals surface area contributed by atoms with E-state index in [0.29, 0.717) is 12.0 Å². The molecule has 3 heteroatoms. The Balaban J connectivity index is 2.23. The van der Waals surface area contributed by atoms with Crippen LogP contribution in [-0.4, -0.2) is 12.6 Å². The van der Waals surface area contributed by atoms with Crippen molar-refractivity contribution in [2.24, 2.45) is 0 Å². The Bertz CT molecular complexity index is 408. The predicted octanol–water partition coefficient (Wildman–Crippen LogP) is 5.00. The summed E-state index contributed by atoms with van der Waals surface area (Å²) in [4.78, 5) is 0. The Labute approximate surface area is 124 Å². The van der Waals surface area contributed by atoms with E-state index in [4.69, 9.17) is 0 Å². The summed E-state index contributed by atoms with van der Waals surface area (Å²) < 4.78 is 15.1. The van der Waals surface area contributed by atoms with Gasteiger partial charge in [-0.1, -0.05) is 42.1 Å². The average molecular weight is 328 g/mol. The van der Waals surface area contributed by atoms with Gasteiger partial charge >= 0.3 is 0 Å². The van der Waals surface area contributed by atoms with E-state index in [0.717, 1.165) is 35.8 Å². The van der Waals surface area contributed by atoms with Gasteiger partial charge < -0.3 is 5.32 Å². The smallest absolute Gasteiger partial charge is 0.126 e. The van der Waals surface area contributed by atoms with Gasteiger partial charge in [-0.15, -0.1) is 0 Å². The van der Waals surface area contributed by atoms with E-state index in [-0.39, 0.29) is 5.82 Å². The molecule has 1 N–H and O–H groups in total. The van der Waals surface area contributed by atoms with E-state index < -0.39 is 0 Å². The molecule has 1 aliphatic rings. The zero-order valence-corrected chi connectivity index (χ0v) is 13.2. The van der Waals surface area contributed by atoms with Gasteiger partial charge in [-0.2, -0.15) is 0 Å². The molecular formula is C16H23BrFN. The van der Waals surface area contributed by atoms with E-state index in [1.54, 1.807) is 12.1 Å². The van der Waals surface area contributed by atoms with E-state index in [2.05, 4.69) is 28.2 Å². The topological polar surface area (TPSA) is 12.0 Å². The largest absolute Gasteiger partial charge is 0.313 e. The molecule has 0 amide bonds. The van der Waals surface area contributed by atoms with Crippen molar-refractivity contribution in [2.45, 2.75) is 57.4 Å². The number of halogens is 2. The number of rotatable bonds is 4. The van der Waals surface area contributed by atoms with Gasteiger partial charge in [-0.25, -0.2) is 4.39 Å². The molecule has 2 rings (SSSR count). The first-order valence-electron chi connectivity index (χ1n) is 7.40. The number of hydrogen-bond acceptors (Lipinski definition) is 1. The number of hydrogen-bond donors (Lipinski definition) is 1. The molecule has 2 atom stereocenters. The van der Waals surface area contributed by atoms with Crippen molar-refractivity contribution in [3.05, 3.63) is 34.1 Å². The van der Waals surface area contributed by atoms with Crippen molar-refractivity contribution in [3.63, 3.8) is 0 Å². The van der Waals surface area contributed by atoms with Crippen LogP contribution in [0.1, 0.15) is 56.9 Å². The Morgan fingerprint density at radius 1 is 1.26 bits per heavy atom. The predicted molar refractivity (Wildman–Crippen MR) is 82.0 cm³/mol. The molecule has 0 bridgehead atoms. The first kappa shape index (κ1) is 15.0. The standard InChI is InChI=1S/C16H23BrFN/c1-2-10-19-16-7-5-3-4-6-13(16)14-11-12(17)8-9-15(14)18/h8-9,11,13,16,19H,2-7,10H2,1H3. The molecule has 1 nitrogen and oxygen atoms in total. The summed E-state index contributed by atoms with van der Waals surface area (Å²) in [5.74, 6) is 0.255. The molecule has 0 saturated heterocycles. The van der Waals surface area contributed by atoms with Crippen LogP contribution in [0.2, 0.25) is 0 Å². The van der Waals surface area contributed by atoms with Crippen LogP contribution in [0.15, 0.2) is 22.7 Å². The second kappa shape index (κ2) is 7.39. The molecule has 0 spiro atoms. The third kappa shape index (κ3) is 4.03. The molecule has 1 aromatic carbocycles. The average Bonchev–Trinajstić information content (AvgIpc) is 2.64. The number of benzene rings is 1. The van der Waals surface area contributed by atoms with Crippen molar-refractivity contribution in [3.8, 4) is 0 Å². The molecule has 1 aliphatic carbocycles. The van der Waals surface area contributed by atoms with Crippen LogP contribution in [0.3, 0.4) is 0 Å². The molecular weight excluding hydrogens is 305 g/mol. The van der Waals surface area contributed by atoms with E-state index >= 15 is 0 Å². The van der Waals surface area contributed by atoms with Crippen molar-refractivity contribution < 1.29 is 4.39 Å². The fourth-order valence-electron chi connectivity index (χ4n) is 3.05. The highest BCUT2D eigenvalue weighted by Crippen LogP contribution is 2.34. The molecule has 19 heavy (non-hydrogen) atoms. The summed E-state index contributed by atoms with van der Waals surface area (Å²) in [6, 6.07) is 5.75. The monoisotopic (exact) mass is 327 g/mol. The second-order valence-electron chi connectivity index (χ2n) is 5.47. The Morgan fingerprint density at radius 3 is 2.84 bits per heavy atom. The molecule has 0 aliphatic heterocycles. The van der Waals surface area contributed by atoms with Gasteiger partial charge in [0.1, 0.15) is 5.82 Å². The summed E-state index contributed by atoms with van der Waals surface area (Å²) in [7, 11) is 0. The first-order valence-corrected chi connectivity index (χ1v) is 8.20. The first-order chi connectivity index (χ1) is 9.22. The van der Waals surface area contributed by atoms with Crippen LogP contribution in [0.25, 0.3) is 0 Å². The summed E-state index contributed by atoms with van der Waals surface area (Å²) in [6.45, 7) is 3.20. The van der Waals surface area contributed by atoms with Gasteiger partial charge in [-0.3, -0.25) is 0 Å². The van der Waals surface area contributed by atoms with Gasteiger partial charge in [0, 0.05) is 16.4 Å². The minimum Gasteiger partial charge on any atom is -0.313 e. The third-order valence-electron chi connectivity index (χ3n) is 4.03. The van der Waals surface area contributed by atoms with Crippen molar-refractivity contribution >= 4 is 15.9 Å². The summed E-state index contributed by atoms with van der Waals surface area (Å²) in [5.41, 5.74) is 0.880. The van der Waals surface area contributed by atoms with Crippen LogP contribution in [0.4, 0.5) is 4.39 Å². The van der Waals surface area contributed by atoms with E-state index in [9.17, 15) is 4.39 Å². The van der Waals surface area contributed by atoms with Gasteiger partial charge in [-0.05, 0) is 49.6 Å². The van der Waals surface area contributed by atoms with Gasteiger partial charge in [0.15, 0.2) is 0 Å². The molecule has 0 heterocycles. The van der Waals surface area contributed by atoms with E-state index in [1.807, 2.05) is 6.07 Å². The maximum atomic E-state index is 14.1. The molecule has 2 unspecified atom stereocenters. The third-order valence-corrected chi connectivity index (χ3v) is 4.52. The molecule has 0 aromatic heterocycles. The fraction of sp³-hybridized carbons (Fsp3) is 0.625. The van der Waals surface area contributed by atoms with Crippen LogP contribution in [-0.2, 0) is 0 Å². The SMILES string of the molecule is CCCNC1CCCCCC1c1cc(Br)ccc1F. The van der Waals surface area contributed by atoms with Crippen molar-refractivity contribution in [1.82, 2.24) is 5.32 Å². The van der Waals surface area contributed by atoms with Gasteiger partial charge in [0.2, 0.25) is 0 Å². The van der Waals surface area contributed by atoms with E-state index in [1.165, 1.54) is 19.3 Å². The normalized spacial score (nSPS) is 24.2. The Kier molecular flexibility index (Phi) is 5.83. The number of nitrogens with one attached hydrogen (secondary N) is 1.